The Kier molecular flexibility index (Phi) is 2.18. The minimum atomic E-state index is -1.06. The van der Waals surface area contributed by atoms with Crippen LogP contribution in [0.5, 0.6) is 0 Å². The highest BCUT2D eigenvalue weighted by Gasteiger charge is 2.11. The van der Waals surface area contributed by atoms with E-state index >= 15 is 0 Å². The van der Waals surface area contributed by atoms with Crippen molar-refractivity contribution in [3.63, 3.8) is 0 Å². The molecule has 0 bridgehead atoms. The van der Waals surface area contributed by atoms with E-state index < -0.39 is 11.5 Å². The number of nitrogens with zero attached hydrogens (tertiary/aromatic N) is 2. The fourth-order valence-corrected chi connectivity index (χ4v) is 1.21. The molecule has 0 radical (unpaired) electrons. The minimum Gasteiger partial charge on any atom is -0.294 e. The number of hydrogen-bond acceptors (Lipinski definition) is 5. The van der Waals surface area contributed by atoms with Crippen molar-refractivity contribution in [2.24, 2.45) is 0 Å². The second kappa shape index (κ2) is 3.50. The van der Waals surface area contributed by atoms with Gasteiger partial charge in [0.05, 0.1) is 0 Å². The average Bonchev–Trinajstić information content (AvgIpc) is 2.28. The van der Waals surface area contributed by atoms with E-state index in [-0.39, 0.29) is 5.69 Å². The van der Waals surface area contributed by atoms with Gasteiger partial charge in [-0.15, -0.1) is 0 Å². The van der Waals surface area contributed by atoms with Crippen LogP contribution < -0.4 is 5.56 Å². The predicted molar refractivity (Wildman–Crippen MR) is 49.5 cm³/mol. The fraction of sp³-hybridized carbons (Fsp3) is 0. The number of aromatic nitrogens is 2. The summed E-state index contributed by atoms with van der Waals surface area (Å²) < 4.78 is 1.27. The summed E-state index contributed by atoms with van der Waals surface area (Å²) in [7, 11) is 0. The predicted octanol–water partition coefficient (Wildman–Crippen LogP) is 0.324. The lowest BCUT2D eigenvalue weighted by Gasteiger charge is -2.00. The van der Waals surface area contributed by atoms with E-state index in [0.29, 0.717) is 5.65 Å². The molecule has 0 saturated heterocycles. The van der Waals surface area contributed by atoms with Crippen LogP contribution in [0.25, 0.3) is 5.65 Å². The van der Waals surface area contributed by atoms with Crippen LogP contribution in [0.15, 0.2) is 35.3 Å². The molecule has 0 amide bonds. The van der Waals surface area contributed by atoms with Crippen LogP contribution in [0.2, 0.25) is 0 Å². The Morgan fingerprint density at radius 3 is 3.00 bits per heavy atom. The Labute approximate surface area is 83.3 Å². The Hall–Kier alpha value is -2.21. The van der Waals surface area contributed by atoms with E-state index in [1.165, 1.54) is 10.6 Å². The lowest BCUT2D eigenvalue weighted by atomic mass is 10.4. The molecule has 0 unspecified atom stereocenters. The van der Waals surface area contributed by atoms with Crippen molar-refractivity contribution in [2.45, 2.75) is 0 Å². The molecule has 6 heteroatoms. The summed E-state index contributed by atoms with van der Waals surface area (Å²) in [5.74, 6) is -1.06. The first-order valence-corrected chi connectivity index (χ1v) is 4.06. The van der Waals surface area contributed by atoms with Gasteiger partial charge in [0.1, 0.15) is 5.65 Å². The highest BCUT2D eigenvalue weighted by Crippen LogP contribution is 1.99. The van der Waals surface area contributed by atoms with Crippen LogP contribution in [-0.2, 0) is 4.89 Å². The van der Waals surface area contributed by atoms with Crippen molar-refractivity contribution < 1.29 is 14.9 Å². The van der Waals surface area contributed by atoms with Crippen molar-refractivity contribution in [3.05, 3.63) is 46.5 Å². The summed E-state index contributed by atoms with van der Waals surface area (Å²) >= 11 is 0. The zero-order valence-corrected chi connectivity index (χ0v) is 7.45. The van der Waals surface area contributed by atoms with Crippen LogP contribution in [0.1, 0.15) is 10.5 Å². The third-order valence-corrected chi connectivity index (χ3v) is 1.86. The van der Waals surface area contributed by atoms with E-state index in [2.05, 4.69) is 9.87 Å². The Morgan fingerprint density at radius 1 is 1.47 bits per heavy atom. The third-order valence-electron chi connectivity index (χ3n) is 1.86. The molecule has 15 heavy (non-hydrogen) atoms. The Balaban J connectivity index is 2.73. The maximum Gasteiger partial charge on any atom is 0.391 e. The van der Waals surface area contributed by atoms with Crippen LogP contribution in [0.3, 0.4) is 0 Å². The molecule has 2 aromatic rings. The largest absolute Gasteiger partial charge is 0.391 e. The summed E-state index contributed by atoms with van der Waals surface area (Å²) in [6, 6.07) is 5.90. The second-order valence-corrected chi connectivity index (χ2v) is 2.79. The van der Waals surface area contributed by atoms with Gasteiger partial charge in [0.2, 0.25) is 0 Å². The first-order valence-electron chi connectivity index (χ1n) is 4.06. The molecule has 0 aliphatic heterocycles. The van der Waals surface area contributed by atoms with Gasteiger partial charge < -0.3 is 0 Å². The maximum absolute atomic E-state index is 11.5. The van der Waals surface area contributed by atoms with E-state index in [1.54, 1.807) is 18.2 Å². The summed E-state index contributed by atoms with van der Waals surface area (Å²) in [5, 5.41) is 8.15. The Bertz CT molecular complexity index is 576. The molecule has 76 valence electrons. The molecule has 0 atom stereocenters. The topological polar surface area (TPSA) is 80.9 Å². The van der Waals surface area contributed by atoms with Gasteiger partial charge >= 0.3 is 5.97 Å². The molecule has 0 spiro atoms. The lowest BCUT2D eigenvalue weighted by molar-refractivity contribution is -0.183. The zero-order valence-electron chi connectivity index (χ0n) is 7.45. The monoisotopic (exact) mass is 206 g/mol. The fourth-order valence-electron chi connectivity index (χ4n) is 1.21. The number of rotatable bonds is 1. The molecule has 0 aliphatic carbocycles. The van der Waals surface area contributed by atoms with Gasteiger partial charge in [-0.25, -0.2) is 9.78 Å². The molecule has 1 N–H and O–H groups in total. The van der Waals surface area contributed by atoms with Crippen LogP contribution in [0.4, 0.5) is 0 Å². The first-order chi connectivity index (χ1) is 7.22. The molecule has 0 fully saturated rings. The van der Waals surface area contributed by atoms with Crippen molar-refractivity contribution >= 4 is 11.6 Å². The van der Waals surface area contributed by atoms with Gasteiger partial charge in [-0.3, -0.25) is 14.1 Å². The average molecular weight is 206 g/mol. The number of carbonyl (C=O) groups is 1. The summed E-state index contributed by atoms with van der Waals surface area (Å²) in [5.41, 5.74) is -0.333. The van der Waals surface area contributed by atoms with Gasteiger partial charge in [-0.1, -0.05) is 6.07 Å². The number of hydrogen-bond donors (Lipinski definition) is 1. The molecule has 2 heterocycles. The third kappa shape index (κ3) is 1.57. The maximum atomic E-state index is 11.5. The zero-order chi connectivity index (χ0) is 10.8. The van der Waals surface area contributed by atoms with Gasteiger partial charge in [-0.2, -0.15) is 5.26 Å². The van der Waals surface area contributed by atoms with Crippen LogP contribution in [-0.4, -0.2) is 20.6 Å². The molecular formula is C9H6N2O4. The summed E-state index contributed by atoms with van der Waals surface area (Å²) in [6.45, 7) is 0. The quantitative estimate of drug-likeness (QED) is 0.537. The van der Waals surface area contributed by atoms with Gasteiger partial charge in [-0.05, 0) is 12.1 Å². The SMILES string of the molecule is O=C(OO)c1cc(=O)n2ccccc2n1. The highest BCUT2D eigenvalue weighted by molar-refractivity contribution is 5.87. The molecule has 0 aromatic carbocycles. The highest BCUT2D eigenvalue weighted by atomic mass is 17.1. The van der Waals surface area contributed by atoms with E-state index in [1.807, 2.05) is 0 Å². The standard InChI is InChI=1S/C9H6N2O4/c12-8-5-6(9(13)15-14)10-7-3-1-2-4-11(7)8/h1-5,14H. The summed E-state index contributed by atoms with van der Waals surface area (Å²) in [4.78, 5) is 29.7. The summed E-state index contributed by atoms with van der Waals surface area (Å²) in [6.07, 6.45) is 1.53. The first kappa shape index (κ1) is 9.35. The minimum absolute atomic E-state index is 0.228. The van der Waals surface area contributed by atoms with E-state index in [9.17, 15) is 9.59 Å². The number of carbonyl (C=O) groups excluding carboxylic acids is 1. The molecule has 0 aliphatic rings. The molecule has 0 saturated carbocycles. The van der Waals surface area contributed by atoms with E-state index in [0.717, 1.165) is 6.07 Å². The molecule has 2 aromatic heterocycles. The van der Waals surface area contributed by atoms with Crippen LogP contribution in [0, 0.1) is 0 Å². The Morgan fingerprint density at radius 2 is 2.27 bits per heavy atom. The van der Waals surface area contributed by atoms with Gasteiger partial charge in [0, 0.05) is 12.3 Å². The van der Waals surface area contributed by atoms with Crippen molar-refractivity contribution in [3.8, 4) is 0 Å². The number of pyridine rings is 1. The smallest absolute Gasteiger partial charge is 0.294 e. The van der Waals surface area contributed by atoms with Gasteiger partial charge in [0.15, 0.2) is 5.69 Å². The van der Waals surface area contributed by atoms with Crippen LogP contribution >= 0.6 is 0 Å². The van der Waals surface area contributed by atoms with Crippen molar-refractivity contribution in [1.82, 2.24) is 9.38 Å². The molecule has 2 rings (SSSR count). The van der Waals surface area contributed by atoms with Gasteiger partial charge in [0.25, 0.3) is 5.56 Å². The molecular weight excluding hydrogens is 200 g/mol. The second-order valence-electron chi connectivity index (χ2n) is 2.79. The lowest BCUT2D eigenvalue weighted by Crippen LogP contribution is -2.18. The van der Waals surface area contributed by atoms with E-state index in [4.69, 9.17) is 5.26 Å². The van der Waals surface area contributed by atoms with Crippen molar-refractivity contribution in [2.75, 3.05) is 0 Å². The van der Waals surface area contributed by atoms with Crippen molar-refractivity contribution in [1.29, 1.82) is 0 Å². The number of fused-ring (bicyclic) bond motifs is 1. The normalized spacial score (nSPS) is 10.2. The molecule has 6 nitrogen and oxygen atoms in total.